The second-order valence-electron chi connectivity index (χ2n) is 7.68. The zero-order valence-electron chi connectivity index (χ0n) is 12.0. The molecule has 112 valence electrons. The molecule has 2 aliphatic heterocycles. The number of benzene rings is 1. The quantitative estimate of drug-likeness (QED) is 0.762. The highest BCUT2D eigenvalue weighted by Crippen LogP contribution is 2.93. The lowest BCUT2D eigenvalue weighted by Gasteiger charge is -2.93. The molecule has 4 atom stereocenters. The summed E-state index contributed by atoms with van der Waals surface area (Å²) >= 11 is 0. The standard InChI is InChI=1S/C17H12N4O2/c18-6-17-12-9-8-10(12)14(11(8)13(9)17)20-15(22)19(16(23)21(17)20)7-4-2-1-3-5-7/h1-5,8-14H. The normalized spacial score (nSPS) is 48.0. The largest absolute Gasteiger partial charge is 0.353 e. The van der Waals surface area contributed by atoms with Crippen molar-refractivity contribution in [1.29, 1.82) is 5.26 Å². The van der Waals surface area contributed by atoms with Gasteiger partial charge in [-0.05, 0) is 35.8 Å². The van der Waals surface area contributed by atoms with Gasteiger partial charge in [-0.15, -0.1) is 0 Å². The Kier molecular flexibility index (Phi) is 1.36. The maximum atomic E-state index is 13.0. The van der Waals surface area contributed by atoms with Crippen LogP contribution in [0.2, 0.25) is 0 Å². The monoisotopic (exact) mass is 304 g/mol. The topological polar surface area (TPSA) is 72.7 Å². The number of para-hydroxylation sites is 1. The van der Waals surface area contributed by atoms with E-state index in [-0.39, 0.29) is 17.4 Å². The predicted octanol–water partition coefficient (Wildman–Crippen LogP) is 0.326. The van der Waals surface area contributed by atoms with Gasteiger partial charge in [0.25, 0.3) is 0 Å². The van der Waals surface area contributed by atoms with E-state index >= 15 is 0 Å². The predicted molar refractivity (Wildman–Crippen MR) is 77.9 cm³/mol. The van der Waals surface area contributed by atoms with Crippen molar-refractivity contribution in [2.24, 2.45) is 35.5 Å². The van der Waals surface area contributed by atoms with Crippen LogP contribution in [-0.4, -0.2) is 13.9 Å². The summed E-state index contributed by atoms with van der Waals surface area (Å²) in [5.74, 6) is 2.91. The van der Waals surface area contributed by atoms with Crippen molar-refractivity contribution < 1.29 is 0 Å². The Morgan fingerprint density at radius 1 is 0.957 bits per heavy atom. The minimum Gasteiger partial charge on any atom is -0.245 e. The first-order valence-corrected chi connectivity index (χ1v) is 8.17. The van der Waals surface area contributed by atoms with E-state index in [1.807, 2.05) is 18.2 Å². The number of aromatic nitrogens is 3. The van der Waals surface area contributed by atoms with Gasteiger partial charge in [0.15, 0.2) is 5.54 Å². The molecule has 0 N–H and O–H groups in total. The molecule has 1 aromatic heterocycles. The molecule has 0 spiro atoms. The van der Waals surface area contributed by atoms with Crippen molar-refractivity contribution in [3.63, 3.8) is 0 Å². The molecule has 8 rings (SSSR count). The highest BCUT2D eigenvalue weighted by molar-refractivity contribution is 5.46. The van der Waals surface area contributed by atoms with Crippen LogP contribution in [0.4, 0.5) is 0 Å². The summed E-state index contributed by atoms with van der Waals surface area (Å²) in [7, 11) is 0. The van der Waals surface area contributed by atoms with Gasteiger partial charge in [-0.2, -0.15) is 5.26 Å². The number of hydrogen-bond donors (Lipinski definition) is 0. The van der Waals surface area contributed by atoms with E-state index in [1.54, 1.807) is 16.8 Å². The zero-order valence-corrected chi connectivity index (χ0v) is 12.0. The second-order valence-corrected chi connectivity index (χ2v) is 7.68. The molecule has 2 bridgehead atoms. The Morgan fingerprint density at radius 2 is 1.65 bits per heavy atom. The highest BCUT2D eigenvalue weighted by Gasteiger charge is 2.96. The summed E-state index contributed by atoms with van der Waals surface area (Å²) in [6.07, 6.45) is 0. The first-order valence-electron chi connectivity index (χ1n) is 8.17. The van der Waals surface area contributed by atoms with Gasteiger partial charge in [-0.3, -0.25) is 0 Å². The molecular weight excluding hydrogens is 292 g/mol. The second kappa shape index (κ2) is 2.82. The number of nitrogens with zero attached hydrogens (tertiary/aromatic N) is 4. The smallest absolute Gasteiger partial charge is 0.245 e. The van der Waals surface area contributed by atoms with E-state index in [9.17, 15) is 14.9 Å². The van der Waals surface area contributed by atoms with Gasteiger partial charge in [0.1, 0.15) is 0 Å². The van der Waals surface area contributed by atoms with E-state index in [2.05, 4.69) is 6.07 Å². The van der Waals surface area contributed by atoms with Crippen LogP contribution in [0.15, 0.2) is 39.9 Å². The zero-order chi connectivity index (χ0) is 15.2. The molecule has 4 fully saturated rings. The van der Waals surface area contributed by atoms with Crippen LogP contribution in [0.5, 0.6) is 0 Å². The lowest BCUT2D eigenvalue weighted by atomic mass is 9.13. The fourth-order valence-electron chi connectivity index (χ4n) is 7.10. The van der Waals surface area contributed by atoms with Crippen LogP contribution < -0.4 is 11.4 Å². The molecule has 23 heavy (non-hydrogen) atoms. The summed E-state index contributed by atoms with van der Waals surface area (Å²) < 4.78 is 4.40. The third kappa shape index (κ3) is 0.724. The van der Waals surface area contributed by atoms with E-state index < -0.39 is 5.54 Å². The third-order valence-electron chi connectivity index (χ3n) is 7.60. The van der Waals surface area contributed by atoms with Crippen LogP contribution in [0.3, 0.4) is 0 Å². The van der Waals surface area contributed by atoms with Crippen LogP contribution >= 0.6 is 0 Å². The molecule has 4 aliphatic carbocycles. The molecule has 0 saturated heterocycles. The molecule has 6 heteroatoms. The Bertz CT molecular complexity index is 1060. The van der Waals surface area contributed by atoms with E-state index in [0.717, 1.165) is 5.92 Å². The van der Waals surface area contributed by atoms with Gasteiger partial charge < -0.3 is 0 Å². The molecule has 2 aromatic rings. The van der Waals surface area contributed by atoms with Gasteiger partial charge in [-0.25, -0.2) is 23.5 Å². The summed E-state index contributed by atoms with van der Waals surface area (Å²) in [6, 6.07) is 11.6. The Hall–Kier alpha value is -2.55. The summed E-state index contributed by atoms with van der Waals surface area (Å²) in [5, 5.41) is 9.92. The molecule has 6 aliphatic rings. The van der Waals surface area contributed by atoms with Crippen molar-refractivity contribution in [3.05, 3.63) is 51.3 Å². The van der Waals surface area contributed by atoms with Crippen molar-refractivity contribution in [2.75, 3.05) is 0 Å². The minimum absolute atomic E-state index is 0.153. The number of nitriles is 1. The van der Waals surface area contributed by atoms with Crippen LogP contribution in [0.25, 0.3) is 5.69 Å². The van der Waals surface area contributed by atoms with Crippen LogP contribution in [0, 0.1) is 46.8 Å². The maximum absolute atomic E-state index is 13.0. The minimum atomic E-state index is -0.750. The molecule has 6 nitrogen and oxygen atoms in total. The fraction of sp³-hybridized carbons (Fsp3) is 0.471. The number of hydrogen-bond acceptors (Lipinski definition) is 3. The average Bonchev–Trinajstić information content (AvgIpc) is 2.80. The van der Waals surface area contributed by atoms with Gasteiger partial charge in [0.2, 0.25) is 0 Å². The lowest BCUT2D eigenvalue weighted by molar-refractivity contribution is -0.473. The van der Waals surface area contributed by atoms with Gasteiger partial charge in [0, 0.05) is 11.8 Å². The molecule has 0 amide bonds. The van der Waals surface area contributed by atoms with Crippen LogP contribution in [-0.2, 0) is 5.54 Å². The summed E-state index contributed by atoms with van der Waals surface area (Å²) in [6.45, 7) is 0. The third-order valence-corrected chi connectivity index (χ3v) is 7.60. The SMILES string of the molecule is N#CC12C3C4C5C(C4n4c(=O)n(-c6ccccc6)c(=O)n41)C2C53. The van der Waals surface area contributed by atoms with Gasteiger partial charge in [-0.1, -0.05) is 18.2 Å². The molecule has 1 aromatic carbocycles. The first-order chi connectivity index (χ1) is 11.2. The maximum Gasteiger partial charge on any atom is 0.353 e. The van der Waals surface area contributed by atoms with E-state index in [4.69, 9.17) is 0 Å². The Morgan fingerprint density at radius 3 is 2.30 bits per heavy atom. The molecule has 3 heterocycles. The fourth-order valence-corrected chi connectivity index (χ4v) is 7.10. The van der Waals surface area contributed by atoms with Crippen molar-refractivity contribution in [2.45, 2.75) is 11.6 Å². The van der Waals surface area contributed by atoms with Crippen molar-refractivity contribution in [1.82, 2.24) is 13.9 Å². The molecule has 0 radical (unpaired) electrons. The summed E-state index contributed by atoms with van der Waals surface area (Å²) in [4.78, 5) is 26.0. The van der Waals surface area contributed by atoms with Gasteiger partial charge in [0.05, 0.1) is 17.8 Å². The van der Waals surface area contributed by atoms with Crippen molar-refractivity contribution in [3.8, 4) is 11.8 Å². The van der Waals surface area contributed by atoms with E-state index in [0.29, 0.717) is 35.3 Å². The number of rotatable bonds is 1. The lowest BCUT2D eigenvalue weighted by Crippen LogP contribution is -2.97. The van der Waals surface area contributed by atoms with Crippen molar-refractivity contribution >= 4 is 0 Å². The Labute approximate surface area is 130 Å². The Balaban J connectivity index is 1.61. The summed E-state index contributed by atoms with van der Waals surface area (Å²) in [5.41, 5.74) is -0.797. The highest BCUT2D eigenvalue weighted by atomic mass is 16.2. The molecule has 4 saturated carbocycles. The first kappa shape index (κ1) is 11.1. The van der Waals surface area contributed by atoms with E-state index in [1.165, 1.54) is 9.25 Å². The van der Waals surface area contributed by atoms with Gasteiger partial charge >= 0.3 is 11.4 Å². The molecular formula is C17H12N4O2. The average molecular weight is 304 g/mol. The van der Waals surface area contributed by atoms with Crippen LogP contribution in [0.1, 0.15) is 6.04 Å². The molecule has 4 unspecified atom stereocenters.